The maximum Gasteiger partial charge on any atom is 0.223 e. The lowest BCUT2D eigenvalue weighted by atomic mass is 10.1. The van der Waals surface area contributed by atoms with Crippen LogP contribution in [-0.4, -0.2) is 28.7 Å². The summed E-state index contributed by atoms with van der Waals surface area (Å²) in [5.74, 6) is 0.807. The molecule has 1 unspecified atom stereocenters. The number of carbonyl (C=O) groups is 1. The molecule has 1 amide bonds. The van der Waals surface area contributed by atoms with E-state index in [0.29, 0.717) is 24.3 Å². The van der Waals surface area contributed by atoms with E-state index in [4.69, 9.17) is 0 Å². The second-order valence-electron chi connectivity index (χ2n) is 4.14. The van der Waals surface area contributed by atoms with E-state index in [0.717, 1.165) is 18.3 Å². The van der Waals surface area contributed by atoms with Crippen molar-refractivity contribution in [1.82, 2.24) is 4.90 Å². The van der Waals surface area contributed by atoms with Gasteiger partial charge in [0.15, 0.2) is 0 Å². The molecule has 13 heavy (non-hydrogen) atoms. The van der Waals surface area contributed by atoms with Gasteiger partial charge in [-0.3, -0.25) is 4.79 Å². The van der Waals surface area contributed by atoms with Gasteiger partial charge in [0.25, 0.3) is 0 Å². The molecule has 0 bridgehead atoms. The fourth-order valence-corrected chi connectivity index (χ4v) is 2.46. The van der Waals surface area contributed by atoms with Crippen molar-refractivity contribution in [3.05, 3.63) is 0 Å². The molecule has 0 saturated carbocycles. The van der Waals surface area contributed by atoms with Gasteiger partial charge in [0, 0.05) is 24.3 Å². The highest BCUT2D eigenvalue weighted by atomic mass is 79.9. The molecule has 1 aliphatic heterocycles. The van der Waals surface area contributed by atoms with Gasteiger partial charge in [-0.05, 0) is 18.8 Å². The van der Waals surface area contributed by atoms with E-state index in [2.05, 4.69) is 29.8 Å². The minimum absolute atomic E-state index is 0.331. The Morgan fingerprint density at radius 2 is 2.31 bits per heavy atom. The Bertz CT molecular complexity index is 182. The first-order valence-electron chi connectivity index (χ1n) is 5.00. The van der Waals surface area contributed by atoms with Crippen molar-refractivity contribution in [2.24, 2.45) is 5.92 Å². The Hall–Kier alpha value is -0.0500. The van der Waals surface area contributed by atoms with Crippen LogP contribution in [0.15, 0.2) is 0 Å². The van der Waals surface area contributed by atoms with Crippen molar-refractivity contribution in [1.29, 1.82) is 0 Å². The van der Waals surface area contributed by atoms with E-state index in [1.165, 1.54) is 6.42 Å². The topological polar surface area (TPSA) is 20.3 Å². The van der Waals surface area contributed by atoms with Gasteiger partial charge in [0.05, 0.1) is 0 Å². The van der Waals surface area contributed by atoms with Crippen molar-refractivity contribution in [2.75, 3.05) is 11.9 Å². The highest BCUT2D eigenvalue weighted by molar-refractivity contribution is 9.09. The molecule has 2 nitrogen and oxygen atoms in total. The number of amides is 1. The van der Waals surface area contributed by atoms with Crippen LogP contribution >= 0.6 is 15.9 Å². The molecule has 1 saturated heterocycles. The monoisotopic (exact) mass is 247 g/mol. The summed E-state index contributed by atoms with van der Waals surface area (Å²) in [7, 11) is 0. The van der Waals surface area contributed by atoms with E-state index >= 15 is 0 Å². The third kappa shape index (κ3) is 2.97. The van der Waals surface area contributed by atoms with Crippen molar-refractivity contribution >= 4 is 21.8 Å². The van der Waals surface area contributed by atoms with E-state index < -0.39 is 0 Å². The molecule has 0 spiro atoms. The smallest absolute Gasteiger partial charge is 0.223 e. The van der Waals surface area contributed by atoms with Crippen molar-refractivity contribution in [2.45, 2.75) is 39.2 Å². The summed E-state index contributed by atoms with van der Waals surface area (Å²) < 4.78 is 0. The largest absolute Gasteiger partial charge is 0.339 e. The number of hydrogen-bond donors (Lipinski definition) is 0. The zero-order chi connectivity index (χ0) is 9.84. The lowest BCUT2D eigenvalue weighted by Gasteiger charge is -2.23. The van der Waals surface area contributed by atoms with Gasteiger partial charge in [-0.2, -0.15) is 0 Å². The number of alkyl halides is 1. The van der Waals surface area contributed by atoms with Crippen LogP contribution in [0.5, 0.6) is 0 Å². The molecule has 3 heteroatoms. The summed E-state index contributed by atoms with van der Waals surface area (Å²) in [6, 6.07) is 0.450. The number of likely N-dealkylation sites (tertiary alicyclic amines) is 1. The van der Waals surface area contributed by atoms with E-state index in [1.54, 1.807) is 0 Å². The third-order valence-corrected chi connectivity index (χ3v) is 3.21. The fourth-order valence-electron chi connectivity index (χ4n) is 1.79. The van der Waals surface area contributed by atoms with Gasteiger partial charge in [0.2, 0.25) is 5.91 Å². The Balaban J connectivity index is 2.45. The Kier molecular flexibility index (Phi) is 4.23. The molecule has 1 fully saturated rings. The van der Waals surface area contributed by atoms with Crippen molar-refractivity contribution < 1.29 is 4.79 Å². The van der Waals surface area contributed by atoms with Crippen LogP contribution in [0.4, 0.5) is 0 Å². The second kappa shape index (κ2) is 4.99. The molecule has 0 aromatic heterocycles. The Morgan fingerprint density at radius 3 is 2.85 bits per heavy atom. The van der Waals surface area contributed by atoms with Gasteiger partial charge < -0.3 is 4.90 Å². The summed E-state index contributed by atoms with van der Waals surface area (Å²) >= 11 is 3.46. The minimum Gasteiger partial charge on any atom is -0.339 e. The second-order valence-corrected chi connectivity index (χ2v) is 4.78. The predicted octanol–water partition coefficient (Wildman–Crippen LogP) is 2.42. The Labute approximate surface area is 88.8 Å². The first-order chi connectivity index (χ1) is 6.15. The highest BCUT2D eigenvalue weighted by Crippen LogP contribution is 2.20. The van der Waals surface area contributed by atoms with Crippen LogP contribution in [0, 0.1) is 5.92 Å². The molecular formula is C10H18BrNO. The fraction of sp³-hybridized carbons (Fsp3) is 0.900. The standard InChI is InChI=1S/C10H18BrNO/c1-8(2)6-10(13)12-5-3-4-9(12)7-11/h8-9H,3-7H2,1-2H3. The summed E-state index contributed by atoms with van der Waals surface area (Å²) in [6.07, 6.45) is 3.03. The maximum absolute atomic E-state index is 11.7. The van der Waals surface area contributed by atoms with Crippen LogP contribution in [0.25, 0.3) is 0 Å². The molecule has 1 atom stereocenters. The van der Waals surface area contributed by atoms with Gasteiger partial charge in [-0.25, -0.2) is 0 Å². The molecular weight excluding hydrogens is 230 g/mol. The van der Waals surface area contributed by atoms with Crippen LogP contribution in [0.2, 0.25) is 0 Å². The van der Waals surface area contributed by atoms with E-state index in [-0.39, 0.29) is 0 Å². The summed E-state index contributed by atoms with van der Waals surface area (Å²) in [5.41, 5.74) is 0. The van der Waals surface area contributed by atoms with E-state index in [1.807, 2.05) is 4.90 Å². The maximum atomic E-state index is 11.7. The van der Waals surface area contributed by atoms with Crippen LogP contribution in [-0.2, 0) is 4.79 Å². The number of rotatable bonds is 3. The summed E-state index contributed by atoms with van der Waals surface area (Å²) in [5, 5.41) is 0.927. The van der Waals surface area contributed by atoms with Crippen LogP contribution in [0.1, 0.15) is 33.1 Å². The summed E-state index contributed by atoms with van der Waals surface area (Å²) in [4.78, 5) is 13.8. The van der Waals surface area contributed by atoms with Gasteiger partial charge >= 0.3 is 0 Å². The normalized spacial score (nSPS) is 22.8. The van der Waals surface area contributed by atoms with E-state index in [9.17, 15) is 4.79 Å². The number of nitrogens with zero attached hydrogens (tertiary/aromatic N) is 1. The predicted molar refractivity (Wildman–Crippen MR) is 58.0 cm³/mol. The van der Waals surface area contributed by atoms with Crippen molar-refractivity contribution in [3.8, 4) is 0 Å². The van der Waals surface area contributed by atoms with Crippen LogP contribution < -0.4 is 0 Å². The molecule has 1 aliphatic rings. The lowest BCUT2D eigenvalue weighted by Crippen LogP contribution is -2.36. The zero-order valence-corrected chi connectivity index (χ0v) is 10.0. The average molecular weight is 248 g/mol. The highest BCUT2D eigenvalue weighted by Gasteiger charge is 2.27. The average Bonchev–Trinajstić information content (AvgIpc) is 2.49. The number of carbonyl (C=O) groups excluding carboxylic acids is 1. The quantitative estimate of drug-likeness (QED) is 0.702. The molecule has 1 rings (SSSR count). The molecule has 0 aromatic carbocycles. The molecule has 0 aromatic rings. The molecule has 0 N–H and O–H groups in total. The molecule has 0 aliphatic carbocycles. The third-order valence-electron chi connectivity index (χ3n) is 2.46. The van der Waals surface area contributed by atoms with Crippen LogP contribution in [0.3, 0.4) is 0 Å². The number of hydrogen-bond acceptors (Lipinski definition) is 1. The van der Waals surface area contributed by atoms with Gasteiger partial charge in [-0.15, -0.1) is 0 Å². The first-order valence-corrected chi connectivity index (χ1v) is 6.12. The molecule has 76 valence electrons. The molecule has 1 heterocycles. The van der Waals surface area contributed by atoms with Crippen molar-refractivity contribution in [3.63, 3.8) is 0 Å². The SMILES string of the molecule is CC(C)CC(=O)N1CCCC1CBr. The van der Waals surface area contributed by atoms with Gasteiger partial charge in [-0.1, -0.05) is 29.8 Å². The molecule has 0 radical (unpaired) electrons. The lowest BCUT2D eigenvalue weighted by molar-refractivity contribution is -0.132. The Morgan fingerprint density at radius 1 is 1.62 bits per heavy atom. The van der Waals surface area contributed by atoms with Gasteiger partial charge in [0.1, 0.15) is 0 Å². The zero-order valence-electron chi connectivity index (χ0n) is 8.42. The first kappa shape index (κ1) is 11.0. The minimum atomic E-state index is 0.331. The summed E-state index contributed by atoms with van der Waals surface area (Å²) in [6.45, 7) is 5.15. The number of halogens is 1.